The normalized spacial score (nSPS) is 12.5. The van der Waals surface area contributed by atoms with Gasteiger partial charge in [-0.1, -0.05) is 0 Å². The van der Waals surface area contributed by atoms with Crippen LogP contribution >= 0.6 is 0 Å². The number of aromatic nitrogens is 1. The molecule has 0 saturated heterocycles. The first kappa shape index (κ1) is 8.80. The minimum Gasteiger partial charge on any atom is -0.367 e. The molecule has 0 aromatic carbocycles. The topological polar surface area (TPSA) is 70.9 Å². The van der Waals surface area contributed by atoms with Crippen LogP contribution in [0.1, 0.15) is 18.5 Å². The first-order valence-electron chi connectivity index (χ1n) is 3.86. The highest BCUT2D eigenvalue weighted by Gasteiger charge is 2.07. The van der Waals surface area contributed by atoms with Gasteiger partial charge in [0.05, 0.1) is 12.6 Å². The molecule has 0 aliphatic carbocycles. The third-order valence-electron chi connectivity index (χ3n) is 1.68. The Morgan fingerprint density at radius 3 is 3.08 bits per heavy atom. The van der Waals surface area contributed by atoms with Crippen LogP contribution in [0.15, 0.2) is 18.5 Å². The van der Waals surface area contributed by atoms with Crippen molar-refractivity contribution in [1.29, 1.82) is 0 Å². The van der Waals surface area contributed by atoms with E-state index in [2.05, 4.69) is 10.3 Å². The van der Waals surface area contributed by atoms with E-state index < -0.39 is 0 Å². The molecule has 1 unspecified atom stereocenters. The van der Waals surface area contributed by atoms with Crippen LogP contribution < -0.4 is 11.1 Å². The van der Waals surface area contributed by atoms with E-state index in [4.69, 9.17) is 5.73 Å². The summed E-state index contributed by atoms with van der Waals surface area (Å²) in [5.74, 6) is -0.135. The molecule has 1 heterocycles. The van der Waals surface area contributed by atoms with Gasteiger partial charge in [-0.15, -0.1) is 0 Å². The van der Waals surface area contributed by atoms with E-state index in [9.17, 15) is 4.79 Å². The first-order valence-corrected chi connectivity index (χ1v) is 3.86. The minimum absolute atomic E-state index is 0.0206. The monoisotopic (exact) mass is 167 g/mol. The van der Waals surface area contributed by atoms with Crippen LogP contribution in [0.4, 0.5) is 0 Å². The lowest BCUT2D eigenvalue weighted by Gasteiger charge is -2.10. The van der Waals surface area contributed by atoms with Crippen molar-refractivity contribution in [1.82, 2.24) is 10.3 Å². The molecule has 0 radical (unpaired) electrons. The highest BCUT2D eigenvalue weighted by Crippen LogP contribution is 2.09. The van der Waals surface area contributed by atoms with Gasteiger partial charge in [-0.25, -0.2) is 0 Å². The molecule has 0 saturated carbocycles. The standard InChI is InChI=1S/C8H13N3O/c1-6(11-8(12)4-9)7-2-3-10-5-7/h2-3,5-6,10H,4,9H2,1H3,(H,11,12). The summed E-state index contributed by atoms with van der Waals surface area (Å²) in [6.07, 6.45) is 3.67. The predicted octanol–water partition coefficient (Wildman–Crippen LogP) is 0.151. The van der Waals surface area contributed by atoms with E-state index >= 15 is 0 Å². The maximum Gasteiger partial charge on any atom is 0.234 e. The van der Waals surface area contributed by atoms with Crippen molar-refractivity contribution in [3.63, 3.8) is 0 Å². The molecule has 1 atom stereocenters. The van der Waals surface area contributed by atoms with Gasteiger partial charge < -0.3 is 16.0 Å². The largest absolute Gasteiger partial charge is 0.367 e. The number of nitrogens with two attached hydrogens (primary N) is 1. The SMILES string of the molecule is CC(NC(=O)CN)c1cc[nH]c1. The van der Waals surface area contributed by atoms with Gasteiger partial charge in [0.1, 0.15) is 0 Å². The highest BCUT2D eigenvalue weighted by atomic mass is 16.1. The molecule has 12 heavy (non-hydrogen) atoms. The molecule has 0 aliphatic rings. The number of nitrogens with one attached hydrogen (secondary N) is 2. The quantitative estimate of drug-likeness (QED) is 0.599. The van der Waals surface area contributed by atoms with Crippen LogP contribution in [0.25, 0.3) is 0 Å². The van der Waals surface area contributed by atoms with Gasteiger partial charge in [0.25, 0.3) is 0 Å². The van der Waals surface area contributed by atoms with Gasteiger partial charge in [0.15, 0.2) is 0 Å². The Balaban J connectivity index is 2.49. The van der Waals surface area contributed by atoms with Crippen molar-refractivity contribution in [2.24, 2.45) is 5.73 Å². The van der Waals surface area contributed by atoms with Crippen LogP contribution in [0.2, 0.25) is 0 Å². The Morgan fingerprint density at radius 2 is 2.58 bits per heavy atom. The van der Waals surface area contributed by atoms with E-state index in [0.717, 1.165) is 5.56 Å². The van der Waals surface area contributed by atoms with Crippen molar-refractivity contribution >= 4 is 5.91 Å². The van der Waals surface area contributed by atoms with E-state index in [1.165, 1.54) is 0 Å². The van der Waals surface area contributed by atoms with Crippen molar-refractivity contribution in [2.75, 3.05) is 6.54 Å². The van der Waals surface area contributed by atoms with Crippen LogP contribution in [0.5, 0.6) is 0 Å². The van der Waals surface area contributed by atoms with Crippen LogP contribution in [-0.4, -0.2) is 17.4 Å². The van der Waals surface area contributed by atoms with Crippen LogP contribution in [0.3, 0.4) is 0 Å². The lowest BCUT2D eigenvalue weighted by Crippen LogP contribution is -2.32. The molecule has 4 nitrogen and oxygen atoms in total. The lowest BCUT2D eigenvalue weighted by molar-refractivity contribution is -0.120. The first-order chi connectivity index (χ1) is 5.74. The predicted molar refractivity (Wildman–Crippen MR) is 46.4 cm³/mol. The zero-order valence-corrected chi connectivity index (χ0v) is 7.00. The van der Waals surface area contributed by atoms with Crippen molar-refractivity contribution in [3.05, 3.63) is 24.0 Å². The summed E-state index contributed by atoms with van der Waals surface area (Å²) < 4.78 is 0. The second-order valence-corrected chi connectivity index (χ2v) is 2.64. The van der Waals surface area contributed by atoms with E-state index in [1.807, 2.05) is 25.4 Å². The molecule has 4 N–H and O–H groups in total. The molecule has 4 heteroatoms. The number of H-pyrrole nitrogens is 1. The summed E-state index contributed by atoms with van der Waals surface area (Å²) in [4.78, 5) is 13.8. The summed E-state index contributed by atoms with van der Waals surface area (Å²) in [7, 11) is 0. The van der Waals surface area contributed by atoms with Crippen molar-refractivity contribution in [2.45, 2.75) is 13.0 Å². The molecule has 1 aromatic rings. The Hall–Kier alpha value is -1.29. The zero-order chi connectivity index (χ0) is 8.97. The van der Waals surface area contributed by atoms with Gasteiger partial charge in [0, 0.05) is 12.4 Å². The molecular weight excluding hydrogens is 154 g/mol. The Labute approximate surface area is 71.2 Å². The summed E-state index contributed by atoms with van der Waals surface area (Å²) in [5.41, 5.74) is 6.21. The average molecular weight is 167 g/mol. The smallest absolute Gasteiger partial charge is 0.234 e. The maximum atomic E-state index is 10.9. The second kappa shape index (κ2) is 3.92. The van der Waals surface area contributed by atoms with Crippen LogP contribution in [-0.2, 0) is 4.79 Å². The summed E-state index contributed by atoms with van der Waals surface area (Å²) in [5, 5.41) is 2.75. The third-order valence-corrected chi connectivity index (χ3v) is 1.68. The summed E-state index contributed by atoms with van der Waals surface area (Å²) >= 11 is 0. The fourth-order valence-corrected chi connectivity index (χ4v) is 0.990. The fraction of sp³-hybridized carbons (Fsp3) is 0.375. The van der Waals surface area contributed by atoms with E-state index in [0.29, 0.717) is 0 Å². The van der Waals surface area contributed by atoms with Gasteiger partial charge in [0.2, 0.25) is 5.91 Å². The number of carbonyl (C=O) groups excluding carboxylic acids is 1. The minimum atomic E-state index is -0.135. The highest BCUT2D eigenvalue weighted by molar-refractivity contribution is 5.78. The molecule has 1 amide bonds. The summed E-state index contributed by atoms with van der Waals surface area (Å²) in [6.45, 7) is 1.95. The Morgan fingerprint density at radius 1 is 1.83 bits per heavy atom. The molecule has 66 valence electrons. The molecule has 0 bridgehead atoms. The van der Waals surface area contributed by atoms with Crippen molar-refractivity contribution in [3.8, 4) is 0 Å². The number of aromatic amines is 1. The Bertz CT molecular complexity index is 243. The third kappa shape index (κ3) is 2.10. The lowest BCUT2D eigenvalue weighted by atomic mass is 10.2. The number of hydrogen-bond donors (Lipinski definition) is 3. The number of rotatable bonds is 3. The Kier molecular flexibility index (Phi) is 2.88. The molecule has 1 aromatic heterocycles. The molecular formula is C8H13N3O. The zero-order valence-electron chi connectivity index (χ0n) is 7.00. The summed E-state index contributed by atoms with van der Waals surface area (Å²) in [6, 6.07) is 1.94. The molecule has 0 fully saturated rings. The maximum absolute atomic E-state index is 10.9. The van der Waals surface area contributed by atoms with Gasteiger partial charge >= 0.3 is 0 Å². The molecule has 0 aliphatic heterocycles. The fourth-order valence-electron chi connectivity index (χ4n) is 0.990. The van der Waals surface area contributed by atoms with Crippen LogP contribution in [0, 0.1) is 0 Å². The van der Waals surface area contributed by atoms with Gasteiger partial charge in [-0.2, -0.15) is 0 Å². The number of hydrogen-bond acceptors (Lipinski definition) is 2. The van der Waals surface area contributed by atoms with E-state index in [-0.39, 0.29) is 18.5 Å². The second-order valence-electron chi connectivity index (χ2n) is 2.64. The number of amides is 1. The van der Waals surface area contributed by atoms with E-state index in [1.54, 1.807) is 0 Å². The molecule has 1 rings (SSSR count). The van der Waals surface area contributed by atoms with Gasteiger partial charge in [-0.05, 0) is 18.6 Å². The van der Waals surface area contributed by atoms with Gasteiger partial charge in [-0.3, -0.25) is 4.79 Å². The average Bonchev–Trinajstić information content (AvgIpc) is 2.56. The number of carbonyl (C=O) groups is 1. The van der Waals surface area contributed by atoms with Crippen molar-refractivity contribution < 1.29 is 4.79 Å². The molecule has 0 spiro atoms.